The summed E-state index contributed by atoms with van der Waals surface area (Å²) in [6.45, 7) is 7.35. The van der Waals surface area contributed by atoms with Crippen molar-refractivity contribution in [3.05, 3.63) is 96.6 Å². The molecule has 3 aromatic rings. The maximum Gasteiger partial charge on any atom is 0.338 e. The van der Waals surface area contributed by atoms with Crippen molar-refractivity contribution in [3.8, 4) is 0 Å². The van der Waals surface area contributed by atoms with Crippen LogP contribution in [0.5, 0.6) is 0 Å². The fraction of sp³-hybridized carbons (Fsp3) is 0.375. The van der Waals surface area contributed by atoms with Gasteiger partial charge in [-0.1, -0.05) is 99.6 Å². The molecule has 0 unspecified atom stereocenters. The highest BCUT2D eigenvalue weighted by Gasteiger charge is 2.57. The van der Waals surface area contributed by atoms with Gasteiger partial charge in [0.1, 0.15) is 24.9 Å². The second-order valence-corrected chi connectivity index (χ2v) is 15.3. The highest BCUT2D eigenvalue weighted by Crippen LogP contribution is 2.40. The van der Waals surface area contributed by atoms with Crippen LogP contribution in [0.25, 0.3) is 0 Å². The fourth-order valence-electron chi connectivity index (χ4n) is 5.38. The van der Waals surface area contributed by atoms with E-state index in [1.54, 1.807) is 30.3 Å². The summed E-state index contributed by atoms with van der Waals surface area (Å²) in [6, 6.07) is 28.4. The van der Waals surface area contributed by atoms with Crippen molar-refractivity contribution in [1.82, 2.24) is 0 Å². The van der Waals surface area contributed by atoms with E-state index in [4.69, 9.17) is 23.4 Å². The Morgan fingerprint density at radius 3 is 1.83 bits per heavy atom. The van der Waals surface area contributed by atoms with E-state index in [0.717, 1.165) is 10.4 Å². The van der Waals surface area contributed by atoms with Gasteiger partial charge in [-0.15, -0.1) is 0 Å². The fourth-order valence-corrected chi connectivity index (χ4v) is 10.1. The maximum absolute atomic E-state index is 12.7. The minimum Gasteiger partial charge on any atom is -0.459 e. The summed E-state index contributed by atoms with van der Waals surface area (Å²) in [7, 11) is -1.79. The zero-order chi connectivity index (χ0) is 29.6. The number of methoxy groups -OCH3 is 1. The zero-order valence-corrected chi connectivity index (χ0v) is 25.1. The Kier molecular flexibility index (Phi) is 9.78. The van der Waals surface area contributed by atoms with Gasteiger partial charge in [-0.05, 0) is 27.5 Å². The summed E-state index contributed by atoms with van der Waals surface area (Å²) < 4.78 is 30.0. The predicted molar refractivity (Wildman–Crippen MR) is 156 cm³/mol. The smallest absolute Gasteiger partial charge is 0.338 e. The van der Waals surface area contributed by atoms with Crippen LogP contribution >= 0.6 is 0 Å². The second kappa shape index (κ2) is 13.1. The van der Waals surface area contributed by atoms with Gasteiger partial charge in [-0.2, -0.15) is 0 Å². The summed E-state index contributed by atoms with van der Waals surface area (Å²) in [6.07, 6.45) is -5.57. The van der Waals surface area contributed by atoms with Gasteiger partial charge in [0, 0.05) is 14.0 Å². The van der Waals surface area contributed by atoms with Crippen LogP contribution in [-0.4, -0.2) is 69.8 Å². The SMILES string of the molecule is CO[C@H]1O[C@H](COC(=O)c2ccccc2)[C@@H](O)[C@H](O[Si](c2ccccc2)(c2ccccc2)C(C)(C)C)[C@H]1OC(C)=O. The molecule has 0 radical (unpaired) electrons. The number of aliphatic hydroxyl groups is 1. The van der Waals surface area contributed by atoms with Crippen molar-refractivity contribution < 1.29 is 38.1 Å². The molecule has 1 N–H and O–H groups in total. The molecule has 0 spiro atoms. The molecule has 4 rings (SSSR count). The Hall–Kier alpha value is -3.34. The van der Waals surface area contributed by atoms with Gasteiger partial charge < -0.3 is 28.5 Å². The molecule has 0 aromatic heterocycles. The monoisotopic (exact) mass is 578 g/mol. The molecular weight excluding hydrogens is 540 g/mol. The molecule has 1 aliphatic rings. The third-order valence-corrected chi connectivity index (χ3v) is 12.3. The lowest BCUT2D eigenvalue weighted by Gasteiger charge is -2.50. The maximum atomic E-state index is 12.7. The predicted octanol–water partition coefficient (Wildman–Crippen LogP) is 3.45. The third-order valence-electron chi connectivity index (χ3n) is 7.27. The van der Waals surface area contributed by atoms with Crippen molar-refractivity contribution in [2.24, 2.45) is 0 Å². The van der Waals surface area contributed by atoms with Crippen molar-refractivity contribution in [3.63, 3.8) is 0 Å². The van der Waals surface area contributed by atoms with Crippen LogP contribution in [-0.2, 0) is 28.2 Å². The lowest BCUT2D eigenvalue weighted by Crippen LogP contribution is -2.72. The van der Waals surface area contributed by atoms with E-state index in [0.29, 0.717) is 5.56 Å². The molecule has 1 aliphatic heterocycles. The number of carbonyl (C=O) groups excluding carboxylic acids is 2. The van der Waals surface area contributed by atoms with E-state index >= 15 is 0 Å². The Balaban J connectivity index is 1.77. The first-order valence-corrected chi connectivity index (χ1v) is 15.5. The molecule has 1 fully saturated rings. The van der Waals surface area contributed by atoms with E-state index in [1.807, 2.05) is 60.7 Å². The van der Waals surface area contributed by atoms with Gasteiger partial charge in [0.05, 0.1) is 5.56 Å². The molecule has 0 saturated carbocycles. The number of ether oxygens (including phenoxy) is 4. The van der Waals surface area contributed by atoms with Gasteiger partial charge in [0.25, 0.3) is 8.32 Å². The van der Waals surface area contributed by atoms with Crippen LogP contribution in [0.3, 0.4) is 0 Å². The minimum atomic E-state index is -3.21. The first kappa shape index (κ1) is 30.6. The van der Waals surface area contributed by atoms with E-state index in [9.17, 15) is 14.7 Å². The van der Waals surface area contributed by atoms with Crippen molar-refractivity contribution in [2.75, 3.05) is 13.7 Å². The molecule has 0 aliphatic carbocycles. The largest absolute Gasteiger partial charge is 0.459 e. The molecule has 8 nitrogen and oxygen atoms in total. The summed E-state index contributed by atoms with van der Waals surface area (Å²) in [5.74, 6) is -1.13. The molecule has 218 valence electrons. The molecule has 9 heteroatoms. The van der Waals surface area contributed by atoms with E-state index in [1.165, 1.54) is 14.0 Å². The number of esters is 2. The molecule has 3 aromatic carbocycles. The number of hydrogen-bond acceptors (Lipinski definition) is 8. The molecule has 1 saturated heterocycles. The van der Waals surface area contributed by atoms with Gasteiger partial charge in [0.2, 0.25) is 0 Å². The van der Waals surface area contributed by atoms with Crippen LogP contribution in [0.4, 0.5) is 0 Å². The average molecular weight is 579 g/mol. The molecule has 0 amide bonds. The highest BCUT2D eigenvalue weighted by molar-refractivity contribution is 6.99. The summed E-state index contributed by atoms with van der Waals surface area (Å²) in [5.41, 5.74) is 0.374. The number of aliphatic hydroxyl groups excluding tert-OH is 1. The van der Waals surface area contributed by atoms with Gasteiger partial charge >= 0.3 is 11.9 Å². The zero-order valence-electron chi connectivity index (χ0n) is 24.1. The van der Waals surface area contributed by atoms with Crippen LogP contribution < -0.4 is 10.4 Å². The second-order valence-electron chi connectivity index (χ2n) is 11.1. The summed E-state index contributed by atoms with van der Waals surface area (Å²) in [4.78, 5) is 24.9. The molecule has 5 atom stereocenters. The van der Waals surface area contributed by atoms with Crippen LogP contribution in [0.2, 0.25) is 5.04 Å². The normalized spacial score (nSPS) is 23.0. The lowest BCUT2D eigenvalue weighted by atomic mass is 9.99. The van der Waals surface area contributed by atoms with Crippen LogP contribution in [0.15, 0.2) is 91.0 Å². The number of hydrogen-bond donors (Lipinski definition) is 1. The summed E-state index contributed by atoms with van der Waals surface area (Å²) in [5, 5.41) is 13.3. The average Bonchev–Trinajstić information content (AvgIpc) is 2.97. The van der Waals surface area contributed by atoms with E-state index in [2.05, 4.69) is 20.8 Å². The third kappa shape index (κ3) is 6.60. The standard InChI is InChI=1S/C32H38O8Si/c1-22(33)38-29-28(27(34)26(39-31(29)36-5)21-37-30(35)23-15-9-6-10-16-23)40-41(32(2,3)4,24-17-11-7-12-18-24)25-19-13-8-14-20-25/h6-20,26-29,31,34H,21H2,1-5H3/t26-,27-,28+,29-,31+/m1/s1. The molecule has 1 heterocycles. The quantitative estimate of drug-likeness (QED) is 0.305. The number of rotatable bonds is 9. The van der Waals surface area contributed by atoms with E-state index in [-0.39, 0.29) is 6.61 Å². The van der Waals surface area contributed by atoms with Crippen molar-refractivity contribution >= 4 is 30.6 Å². The van der Waals surface area contributed by atoms with Crippen molar-refractivity contribution in [1.29, 1.82) is 0 Å². The molecular formula is C32H38O8Si. The summed E-state index contributed by atoms with van der Waals surface area (Å²) >= 11 is 0. The van der Waals surface area contributed by atoms with Gasteiger partial charge in [0.15, 0.2) is 12.4 Å². The van der Waals surface area contributed by atoms with Crippen LogP contribution in [0.1, 0.15) is 38.1 Å². The van der Waals surface area contributed by atoms with Crippen molar-refractivity contribution in [2.45, 2.75) is 63.4 Å². The molecule has 0 bridgehead atoms. The Morgan fingerprint density at radius 2 is 1.37 bits per heavy atom. The molecule has 41 heavy (non-hydrogen) atoms. The Morgan fingerprint density at radius 1 is 0.854 bits per heavy atom. The minimum absolute atomic E-state index is 0.262. The number of carbonyl (C=O) groups is 2. The van der Waals surface area contributed by atoms with Crippen LogP contribution in [0, 0.1) is 0 Å². The lowest BCUT2D eigenvalue weighted by molar-refractivity contribution is -0.294. The Labute approximate surface area is 242 Å². The first-order valence-electron chi connectivity index (χ1n) is 13.6. The first-order chi connectivity index (χ1) is 19.6. The topological polar surface area (TPSA) is 101 Å². The van der Waals surface area contributed by atoms with E-state index < -0.39 is 56.0 Å². The van der Waals surface area contributed by atoms with Gasteiger partial charge in [-0.3, -0.25) is 4.79 Å². The van der Waals surface area contributed by atoms with Gasteiger partial charge in [-0.25, -0.2) is 4.79 Å². The Bertz CT molecular complexity index is 1240. The number of benzene rings is 3. The highest BCUT2D eigenvalue weighted by atomic mass is 28.4.